The molecule has 1 fully saturated rings. The number of piperidine rings is 1. The van der Waals surface area contributed by atoms with Crippen molar-refractivity contribution in [2.24, 2.45) is 5.92 Å². The van der Waals surface area contributed by atoms with Crippen molar-refractivity contribution >= 4 is 11.8 Å². The van der Waals surface area contributed by atoms with E-state index in [0.29, 0.717) is 25.1 Å². The van der Waals surface area contributed by atoms with Gasteiger partial charge in [-0.05, 0) is 43.0 Å². The molecule has 4 nitrogen and oxygen atoms in total. The molecule has 2 aromatic carbocycles. The lowest BCUT2D eigenvalue weighted by atomic mass is 9.83. The van der Waals surface area contributed by atoms with Crippen LogP contribution in [0.1, 0.15) is 48.9 Å². The molecule has 5 heteroatoms. The molecule has 2 aromatic rings. The molecule has 0 saturated carbocycles. The second-order valence-corrected chi connectivity index (χ2v) is 7.70. The van der Waals surface area contributed by atoms with Crippen LogP contribution in [0.2, 0.25) is 0 Å². The highest BCUT2D eigenvalue weighted by atomic mass is 19.1. The number of nitrogens with zero attached hydrogens (tertiary/aromatic N) is 1. The molecule has 0 radical (unpaired) electrons. The van der Waals surface area contributed by atoms with Crippen LogP contribution in [0, 0.1) is 18.7 Å². The first-order valence-electron chi connectivity index (χ1n) is 9.72. The van der Waals surface area contributed by atoms with Gasteiger partial charge in [-0.2, -0.15) is 0 Å². The van der Waals surface area contributed by atoms with Crippen LogP contribution >= 0.6 is 0 Å². The molecule has 1 N–H and O–H groups in total. The zero-order valence-electron chi connectivity index (χ0n) is 16.6. The Morgan fingerprint density at radius 1 is 1.14 bits per heavy atom. The highest BCUT2D eigenvalue weighted by molar-refractivity contribution is 5.81. The van der Waals surface area contributed by atoms with E-state index in [9.17, 15) is 14.0 Å². The van der Waals surface area contributed by atoms with E-state index in [1.54, 1.807) is 17.9 Å². The Morgan fingerprint density at radius 2 is 1.86 bits per heavy atom. The highest BCUT2D eigenvalue weighted by Gasteiger charge is 2.34. The molecule has 1 aliphatic rings. The van der Waals surface area contributed by atoms with E-state index in [2.05, 4.69) is 5.32 Å². The molecule has 0 spiro atoms. The molecule has 3 atom stereocenters. The fourth-order valence-electron chi connectivity index (χ4n) is 3.87. The maximum absolute atomic E-state index is 13.7. The van der Waals surface area contributed by atoms with Crippen molar-refractivity contribution in [3.63, 3.8) is 0 Å². The summed E-state index contributed by atoms with van der Waals surface area (Å²) in [7, 11) is 0. The summed E-state index contributed by atoms with van der Waals surface area (Å²) in [6, 6.07) is 14.8. The predicted molar refractivity (Wildman–Crippen MR) is 107 cm³/mol. The third kappa shape index (κ3) is 4.58. The average molecular weight is 382 g/mol. The number of hydrogen-bond donors (Lipinski definition) is 1. The van der Waals surface area contributed by atoms with Gasteiger partial charge in [-0.25, -0.2) is 4.39 Å². The lowest BCUT2D eigenvalue weighted by Gasteiger charge is -2.37. The van der Waals surface area contributed by atoms with Gasteiger partial charge in [0.25, 0.3) is 0 Å². The van der Waals surface area contributed by atoms with Crippen LogP contribution in [0.15, 0.2) is 48.5 Å². The number of benzene rings is 2. The summed E-state index contributed by atoms with van der Waals surface area (Å²) >= 11 is 0. The fraction of sp³-hybridized carbons (Fsp3) is 0.391. The van der Waals surface area contributed by atoms with Gasteiger partial charge in [-0.15, -0.1) is 0 Å². The number of likely N-dealkylation sites (tertiary alicyclic amines) is 1. The van der Waals surface area contributed by atoms with Crippen LogP contribution in [-0.4, -0.2) is 29.8 Å². The monoisotopic (exact) mass is 382 g/mol. The summed E-state index contributed by atoms with van der Waals surface area (Å²) in [6.45, 7) is 6.19. The van der Waals surface area contributed by atoms with E-state index in [-0.39, 0.29) is 35.5 Å². The van der Waals surface area contributed by atoms with Gasteiger partial charge in [0.15, 0.2) is 0 Å². The minimum Gasteiger partial charge on any atom is -0.349 e. The lowest BCUT2D eigenvalue weighted by Crippen LogP contribution is -2.47. The van der Waals surface area contributed by atoms with E-state index in [0.717, 1.165) is 11.1 Å². The van der Waals surface area contributed by atoms with Gasteiger partial charge in [0.05, 0.1) is 12.0 Å². The Labute approximate surface area is 165 Å². The highest BCUT2D eigenvalue weighted by Crippen LogP contribution is 2.32. The van der Waals surface area contributed by atoms with Crippen molar-refractivity contribution in [3.8, 4) is 0 Å². The minimum atomic E-state index is -0.292. The zero-order valence-corrected chi connectivity index (χ0v) is 16.6. The SMILES string of the molecule is CC(=O)N1C[C@H](C(=O)N[C@@H](C)c2ccccc2)C[C@H](c2ccc(F)c(C)c2)C1. The maximum Gasteiger partial charge on any atom is 0.225 e. The number of aryl methyl sites for hydroxylation is 1. The van der Waals surface area contributed by atoms with Crippen molar-refractivity contribution in [2.75, 3.05) is 13.1 Å². The Bertz CT molecular complexity index is 853. The van der Waals surface area contributed by atoms with E-state index in [1.165, 1.54) is 13.0 Å². The van der Waals surface area contributed by atoms with Gasteiger partial charge >= 0.3 is 0 Å². The quantitative estimate of drug-likeness (QED) is 0.870. The molecule has 0 bridgehead atoms. The second-order valence-electron chi connectivity index (χ2n) is 7.70. The molecule has 0 aromatic heterocycles. The summed E-state index contributed by atoms with van der Waals surface area (Å²) in [5.74, 6) is -0.614. The molecule has 28 heavy (non-hydrogen) atoms. The molecule has 3 rings (SSSR count). The Hall–Kier alpha value is -2.69. The predicted octanol–water partition coefficient (Wildman–Crippen LogP) is 3.96. The molecule has 1 heterocycles. The lowest BCUT2D eigenvalue weighted by molar-refractivity contribution is -0.134. The third-order valence-electron chi connectivity index (χ3n) is 5.58. The first-order chi connectivity index (χ1) is 13.3. The normalized spacial score (nSPS) is 20.5. The van der Waals surface area contributed by atoms with Gasteiger partial charge in [0, 0.05) is 25.9 Å². The number of rotatable bonds is 4. The van der Waals surface area contributed by atoms with Crippen LogP contribution < -0.4 is 5.32 Å². The first-order valence-corrected chi connectivity index (χ1v) is 9.72. The fourth-order valence-corrected chi connectivity index (χ4v) is 3.87. The van der Waals surface area contributed by atoms with Gasteiger partial charge in [0.1, 0.15) is 5.82 Å². The minimum absolute atomic E-state index is 0.0136. The second kappa shape index (κ2) is 8.55. The Kier molecular flexibility index (Phi) is 6.12. The Morgan fingerprint density at radius 3 is 2.50 bits per heavy atom. The van der Waals surface area contributed by atoms with Crippen LogP contribution in [0.25, 0.3) is 0 Å². The van der Waals surface area contributed by atoms with Gasteiger partial charge in [-0.3, -0.25) is 9.59 Å². The van der Waals surface area contributed by atoms with Crippen LogP contribution in [0.4, 0.5) is 4.39 Å². The zero-order chi connectivity index (χ0) is 20.3. The standard InChI is InChI=1S/C23H27FN2O2/c1-15-11-19(9-10-22(15)24)20-12-21(14-26(13-20)17(3)27)23(28)25-16(2)18-7-5-4-6-8-18/h4-11,16,20-21H,12-14H2,1-3H3,(H,25,28)/t16-,20-,21+/m0/s1. The summed E-state index contributed by atoms with van der Waals surface area (Å²) in [5, 5.41) is 3.08. The number of carbonyl (C=O) groups is 2. The van der Waals surface area contributed by atoms with Crippen molar-refractivity contribution in [3.05, 3.63) is 71.0 Å². The summed E-state index contributed by atoms with van der Waals surface area (Å²) in [4.78, 5) is 26.7. The number of hydrogen-bond acceptors (Lipinski definition) is 2. The Balaban J connectivity index is 1.76. The third-order valence-corrected chi connectivity index (χ3v) is 5.58. The van der Waals surface area contributed by atoms with Crippen LogP contribution in [0.5, 0.6) is 0 Å². The van der Waals surface area contributed by atoms with E-state index < -0.39 is 0 Å². The average Bonchev–Trinajstić information content (AvgIpc) is 2.70. The van der Waals surface area contributed by atoms with Crippen molar-refractivity contribution < 1.29 is 14.0 Å². The van der Waals surface area contributed by atoms with Crippen LogP contribution in [0.3, 0.4) is 0 Å². The molecule has 2 amide bonds. The molecular weight excluding hydrogens is 355 g/mol. The van der Waals surface area contributed by atoms with Gasteiger partial charge < -0.3 is 10.2 Å². The summed E-state index contributed by atoms with van der Waals surface area (Å²) < 4.78 is 13.7. The van der Waals surface area contributed by atoms with Crippen LogP contribution in [-0.2, 0) is 9.59 Å². The van der Waals surface area contributed by atoms with Crippen molar-refractivity contribution in [1.82, 2.24) is 10.2 Å². The maximum atomic E-state index is 13.7. The number of nitrogens with one attached hydrogen (secondary N) is 1. The summed E-state index contributed by atoms with van der Waals surface area (Å²) in [5.41, 5.74) is 2.59. The summed E-state index contributed by atoms with van der Waals surface area (Å²) in [6.07, 6.45) is 0.641. The topological polar surface area (TPSA) is 49.4 Å². The largest absolute Gasteiger partial charge is 0.349 e. The molecule has 0 aliphatic carbocycles. The molecular formula is C23H27FN2O2. The molecule has 0 unspecified atom stereocenters. The van der Waals surface area contributed by atoms with Crippen molar-refractivity contribution in [1.29, 1.82) is 0 Å². The van der Waals surface area contributed by atoms with Crippen molar-refractivity contribution in [2.45, 2.75) is 39.2 Å². The van der Waals surface area contributed by atoms with E-state index >= 15 is 0 Å². The number of carbonyl (C=O) groups excluding carboxylic acids is 2. The van der Waals surface area contributed by atoms with E-state index in [4.69, 9.17) is 0 Å². The number of amides is 2. The van der Waals surface area contributed by atoms with Gasteiger partial charge in [0.2, 0.25) is 11.8 Å². The smallest absolute Gasteiger partial charge is 0.225 e. The molecule has 1 saturated heterocycles. The molecule has 148 valence electrons. The van der Waals surface area contributed by atoms with E-state index in [1.807, 2.05) is 43.3 Å². The number of halogens is 1. The first kappa shape index (κ1) is 20.1. The van der Waals surface area contributed by atoms with Gasteiger partial charge in [-0.1, -0.05) is 42.5 Å². The molecule has 1 aliphatic heterocycles.